The van der Waals surface area contributed by atoms with Crippen LogP contribution in [0.3, 0.4) is 0 Å². The average Bonchev–Trinajstić information content (AvgIpc) is 2.27. The van der Waals surface area contributed by atoms with E-state index in [4.69, 9.17) is 0 Å². The van der Waals surface area contributed by atoms with Crippen molar-refractivity contribution >= 4 is 0 Å². The Kier molecular flexibility index (Phi) is 1.30. The SMILES string of the molecule is CC1CC2=C(C=CCC2)N1. The predicted molar refractivity (Wildman–Crippen MR) is 42.6 cm³/mol. The molecule has 0 aromatic heterocycles. The summed E-state index contributed by atoms with van der Waals surface area (Å²) in [5, 5.41) is 3.45. The highest BCUT2D eigenvalue weighted by Gasteiger charge is 2.18. The highest BCUT2D eigenvalue weighted by molar-refractivity contribution is 5.32. The quantitative estimate of drug-likeness (QED) is 0.535. The highest BCUT2D eigenvalue weighted by atomic mass is 14.9. The van der Waals surface area contributed by atoms with Gasteiger partial charge in [0.1, 0.15) is 0 Å². The summed E-state index contributed by atoms with van der Waals surface area (Å²) in [5.74, 6) is 0. The summed E-state index contributed by atoms with van der Waals surface area (Å²) in [6.07, 6.45) is 8.27. The Balaban J connectivity index is 2.21. The maximum atomic E-state index is 3.45. The molecule has 0 amide bonds. The molecule has 1 aliphatic heterocycles. The smallest absolute Gasteiger partial charge is 0.0331 e. The molecular weight excluding hydrogens is 122 g/mol. The van der Waals surface area contributed by atoms with Gasteiger partial charge in [0.25, 0.3) is 0 Å². The number of allylic oxidation sites excluding steroid dienone is 2. The Bertz CT molecular complexity index is 201. The molecule has 2 aliphatic rings. The molecule has 2 rings (SSSR count). The summed E-state index contributed by atoms with van der Waals surface area (Å²) in [7, 11) is 0. The van der Waals surface area contributed by atoms with Crippen molar-refractivity contribution in [2.24, 2.45) is 0 Å². The van der Waals surface area contributed by atoms with Crippen molar-refractivity contribution in [2.75, 3.05) is 0 Å². The van der Waals surface area contributed by atoms with Gasteiger partial charge in [-0.3, -0.25) is 0 Å². The van der Waals surface area contributed by atoms with Gasteiger partial charge < -0.3 is 5.32 Å². The van der Waals surface area contributed by atoms with E-state index in [1.165, 1.54) is 25.0 Å². The van der Waals surface area contributed by atoms with Crippen molar-refractivity contribution in [2.45, 2.75) is 32.2 Å². The summed E-state index contributed by atoms with van der Waals surface area (Å²) >= 11 is 0. The van der Waals surface area contributed by atoms with E-state index < -0.39 is 0 Å². The summed E-state index contributed by atoms with van der Waals surface area (Å²) in [6.45, 7) is 2.24. The van der Waals surface area contributed by atoms with Crippen LogP contribution < -0.4 is 5.32 Å². The van der Waals surface area contributed by atoms with Crippen LogP contribution in [0.5, 0.6) is 0 Å². The van der Waals surface area contributed by atoms with E-state index in [1.54, 1.807) is 5.57 Å². The molecule has 0 bridgehead atoms. The molecule has 1 heterocycles. The Morgan fingerprint density at radius 3 is 3.30 bits per heavy atom. The Labute approximate surface area is 61.8 Å². The molecule has 0 aromatic carbocycles. The molecule has 1 unspecified atom stereocenters. The van der Waals surface area contributed by atoms with Gasteiger partial charge in [-0.25, -0.2) is 0 Å². The minimum Gasteiger partial charge on any atom is -0.382 e. The van der Waals surface area contributed by atoms with Crippen LogP contribution in [-0.2, 0) is 0 Å². The van der Waals surface area contributed by atoms with Gasteiger partial charge >= 0.3 is 0 Å². The van der Waals surface area contributed by atoms with Gasteiger partial charge in [0.2, 0.25) is 0 Å². The van der Waals surface area contributed by atoms with E-state index in [-0.39, 0.29) is 0 Å². The second-order valence-corrected chi connectivity index (χ2v) is 3.21. The minimum atomic E-state index is 0.674. The van der Waals surface area contributed by atoms with Gasteiger partial charge in [0, 0.05) is 11.7 Å². The van der Waals surface area contributed by atoms with Gasteiger partial charge in [-0.1, -0.05) is 6.08 Å². The topological polar surface area (TPSA) is 12.0 Å². The highest BCUT2D eigenvalue weighted by Crippen LogP contribution is 2.26. The van der Waals surface area contributed by atoms with E-state index in [9.17, 15) is 0 Å². The largest absolute Gasteiger partial charge is 0.382 e. The molecule has 0 radical (unpaired) electrons. The monoisotopic (exact) mass is 135 g/mol. The third-order valence-corrected chi connectivity index (χ3v) is 2.23. The third-order valence-electron chi connectivity index (χ3n) is 2.23. The van der Waals surface area contributed by atoms with Gasteiger partial charge in [-0.15, -0.1) is 0 Å². The minimum absolute atomic E-state index is 0.674. The van der Waals surface area contributed by atoms with Crippen molar-refractivity contribution in [3.63, 3.8) is 0 Å². The Morgan fingerprint density at radius 2 is 2.50 bits per heavy atom. The van der Waals surface area contributed by atoms with E-state index in [1.807, 2.05) is 0 Å². The molecule has 1 nitrogen and oxygen atoms in total. The fourth-order valence-corrected chi connectivity index (χ4v) is 1.76. The summed E-state index contributed by atoms with van der Waals surface area (Å²) in [6, 6.07) is 0.674. The lowest BCUT2D eigenvalue weighted by Crippen LogP contribution is -2.17. The van der Waals surface area contributed by atoms with Crippen molar-refractivity contribution in [1.29, 1.82) is 0 Å². The molecule has 1 aliphatic carbocycles. The molecule has 0 spiro atoms. The van der Waals surface area contributed by atoms with Gasteiger partial charge in [-0.05, 0) is 37.8 Å². The van der Waals surface area contributed by atoms with Crippen LogP contribution in [0.25, 0.3) is 0 Å². The lowest BCUT2D eigenvalue weighted by molar-refractivity contribution is 0.669. The van der Waals surface area contributed by atoms with Crippen LogP contribution in [-0.4, -0.2) is 6.04 Å². The number of hydrogen-bond acceptors (Lipinski definition) is 1. The zero-order valence-corrected chi connectivity index (χ0v) is 6.35. The average molecular weight is 135 g/mol. The molecule has 54 valence electrons. The van der Waals surface area contributed by atoms with Gasteiger partial charge in [-0.2, -0.15) is 0 Å². The van der Waals surface area contributed by atoms with Crippen LogP contribution in [0, 0.1) is 0 Å². The molecule has 1 atom stereocenters. The molecule has 0 saturated carbocycles. The zero-order chi connectivity index (χ0) is 6.97. The van der Waals surface area contributed by atoms with E-state index in [0.717, 1.165) is 0 Å². The standard InChI is InChI=1S/C9H13N/c1-7-6-8-4-2-3-5-9(8)10-7/h3,5,7,10H,2,4,6H2,1H3. The van der Waals surface area contributed by atoms with Gasteiger partial charge in [0.15, 0.2) is 0 Å². The predicted octanol–water partition coefficient (Wildman–Crippen LogP) is 1.97. The number of hydrogen-bond donors (Lipinski definition) is 1. The summed E-state index contributed by atoms with van der Waals surface area (Å²) in [5.41, 5.74) is 3.04. The maximum absolute atomic E-state index is 3.45. The molecule has 10 heavy (non-hydrogen) atoms. The molecular formula is C9H13N. The molecule has 0 fully saturated rings. The first-order chi connectivity index (χ1) is 4.86. The van der Waals surface area contributed by atoms with Crippen LogP contribution in [0.1, 0.15) is 26.2 Å². The fourth-order valence-electron chi connectivity index (χ4n) is 1.76. The van der Waals surface area contributed by atoms with Crippen LogP contribution >= 0.6 is 0 Å². The van der Waals surface area contributed by atoms with Crippen molar-refractivity contribution in [3.8, 4) is 0 Å². The first-order valence-electron chi connectivity index (χ1n) is 4.01. The number of rotatable bonds is 0. The first kappa shape index (κ1) is 6.02. The Hall–Kier alpha value is -0.720. The molecule has 0 aromatic rings. The van der Waals surface area contributed by atoms with E-state index >= 15 is 0 Å². The second-order valence-electron chi connectivity index (χ2n) is 3.21. The maximum Gasteiger partial charge on any atom is 0.0331 e. The summed E-state index contributed by atoms with van der Waals surface area (Å²) < 4.78 is 0. The Morgan fingerprint density at radius 1 is 1.60 bits per heavy atom. The van der Waals surface area contributed by atoms with Crippen LogP contribution in [0.2, 0.25) is 0 Å². The summed E-state index contributed by atoms with van der Waals surface area (Å²) in [4.78, 5) is 0. The number of nitrogens with one attached hydrogen (secondary N) is 1. The van der Waals surface area contributed by atoms with Crippen LogP contribution in [0.15, 0.2) is 23.4 Å². The van der Waals surface area contributed by atoms with Gasteiger partial charge in [0.05, 0.1) is 0 Å². The van der Waals surface area contributed by atoms with E-state index in [2.05, 4.69) is 24.4 Å². The molecule has 0 saturated heterocycles. The molecule has 1 N–H and O–H groups in total. The van der Waals surface area contributed by atoms with Crippen LogP contribution in [0.4, 0.5) is 0 Å². The lowest BCUT2D eigenvalue weighted by Gasteiger charge is -2.06. The molecule has 1 heteroatoms. The normalized spacial score (nSPS) is 30.3. The first-order valence-corrected chi connectivity index (χ1v) is 4.01. The zero-order valence-electron chi connectivity index (χ0n) is 6.35. The lowest BCUT2D eigenvalue weighted by atomic mass is 10.0. The third kappa shape index (κ3) is 0.859. The fraction of sp³-hybridized carbons (Fsp3) is 0.556. The van der Waals surface area contributed by atoms with Crippen molar-refractivity contribution < 1.29 is 0 Å². The van der Waals surface area contributed by atoms with Crippen molar-refractivity contribution in [3.05, 3.63) is 23.4 Å². The van der Waals surface area contributed by atoms with Crippen molar-refractivity contribution in [1.82, 2.24) is 5.32 Å². The second kappa shape index (κ2) is 2.15. The van der Waals surface area contributed by atoms with E-state index in [0.29, 0.717) is 6.04 Å².